The summed E-state index contributed by atoms with van der Waals surface area (Å²) in [6.07, 6.45) is 2.65. The second-order valence-electron chi connectivity index (χ2n) is 10.7. The minimum atomic E-state index is -0.0977. The zero-order valence-electron chi connectivity index (χ0n) is 19.7. The van der Waals surface area contributed by atoms with Crippen molar-refractivity contribution in [2.45, 2.75) is 51.8 Å². The molecule has 0 spiro atoms. The van der Waals surface area contributed by atoms with Gasteiger partial charge in [0.05, 0.1) is 17.8 Å². The van der Waals surface area contributed by atoms with Gasteiger partial charge < -0.3 is 19.9 Å². The van der Waals surface area contributed by atoms with Crippen LogP contribution in [0, 0.1) is 5.41 Å². The fourth-order valence-corrected chi connectivity index (χ4v) is 5.00. The van der Waals surface area contributed by atoms with Crippen molar-refractivity contribution in [2.24, 2.45) is 5.41 Å². The number of morpholine rings is 1. The van der Waals surface area contributed by atoms with Gasteiger partial charge in [-0.25, -0.2) is 4.79 Å². The quantitative estimate of drug-likeness (QED) is 0.778. The summed E-state index contributed by atoms with van der Waals surface area (Å²) in [6.45, 7) is 10.3. The molecule has 3 aliphatic heterocycles. The highest BCUT2D eigenvalue weighted by Gasteiger charge is 2.40. The van der Waals surface area contributed by atoms with Gasteiger partial charge >= 0.3 is 6.03 Å². The van der Waals surface area contributed by atoms with Gasteiger partial charge in [-0.1, -0.05) is 45.0 Å². The third-order valence-corrected chi connectivity index (χ3v) is 6.77. The first-order chi connectivity index (χ1) is 15.8. The van der Waals surface area contributed by atoms with Crippen molar-refractivity contribution in [1.29, 1.82) is 0 Å². The van der Waals surface area contributed by atoms with Crippen molar-refractivity contribution in [2.75, 3.05) is 32.8 Å². The van der Waals surface area contributed by atoms with Crippen molar-refractivity contribution >= 4 is 11.9 Å². The Bertz CT molecular complexity index is 1020. The Morgan fingerprint density at radius 2 is 1.88 bits per heavy atom. The van der Waals surface area contributed by atoms with Crippen LogP contribution in [0.3, 0.4) is 0 Å². The molecule has 3 amide bonds. The molecule has 2 aromatic rings. The Morgan fingerprint density at radius 1 is 1.12 bits per heavy atom. The highest BCUT2D eigenvalue weighted by molar-refractivity contribution is 5.79. The van der Waals surface area contributed by atoms with Gasteiger partial charge in [0, 0.05) is 44.8 Å². The van der Waals surface area contributed by atoms with Gasteiger partial charge in [-0.05, 0) is 29.0 Å². The second kappa shape index (κ2) is 8.48. The highest BCUT2D eigenvalue weighted by Crippen LogP contribution is 2.31. The number of carbonyl (C=O) groups is 2. The van der Waals surface area contributed by atoms with Gasteiger partial charge in [0.25, 0.3) is 0 Å². The summed E-state index contributed by atoms with van der Waals surface area (Å²) >= 11 is 0. The number of nitrogens with zero attached hydrogens (tertiary/aromatic N) is 4. The molecule has 0 aliphatic carbocycles. The molecule has 0 radical (unpaired) electrons. The monoisotopic (exact) mass is 451 g/mol. The van der Waals surface area contributed by atoms with Crippen LogP contribution in [0.2, 0.25) is 0 Å². The van der Waals surface area contributed by atoms with Crippen LogP contribution in [-0.4, -0.2) is 76.5 Å². The average Bonchev–Trinajstić information content (AvgIpc) is 3.19. The van der Waals surface area contributed by atoms with Crippen LogP contribution >= 0.6 is 0 Å². The molecule has 8 heteroatoms. The number of ether oxygens (including phenoxy) is 1. The molecule has 176 valence electrons. The summed E-state index contributed by atoms with van der Waals surface area (Å²) in [4.78, 5) is 28.3. The lowest BCUT2D eigenvalue weighted by Gasteiger charge is -2.46. The smallest absolute Gasteiger partial charge is 0.320 e. The van der Waals surface area contributed by atoms with E-state index in [1.54, 1.807) is 0 Å². The van der Waals surface area contributed by atoms with E-state index in [1.807, 2.05) is 16.0 Å². The number of amides is 3. The highest BCUT2D eigenvalue weighted by atomic mass is 16.5. The van der Waals surface area contributed by atoms with Crippen molar-refractivity contribution in [3.63, 3.8) is 0 Å². The van der Waals surface area contributed by atoms with Gasteiger partial charge in [0.15, 0.2) is 0 Å². The number of benzene rings is 1. The predicted molar refractivity (Wildman–Crippen MR) is 125 cm³/mol. The van der Waals surface area contributed by atoms with E-state index in [0.29, 0.717) is 19.0 Å². The van der Waals surface area contributed by atoms with Gasteiger partial charge in [-0.3, -0.25) is 9.48 Å². The van der Waals surface area contributed by atoms with Crippen molar-refractivity contribution in [3.05, 3.63) is 42.1 Å². The van der Waals surface area contributed by atoms with Crippen LogP contribution in [0.25, 0.3) is 11.3 Å². The molecule has 0 unspecified atom stereocenters. The number of piperidine rings is 1. The third kappa shape index (κ3) is 4.62. The summed E-state index contributed by atoms with van der Waals surface area (Å²) in [6, 6.07) is 10.7. The average molecular weight is 452 g/mol. The van der Waals surface area contributed by atoms with Crippen molar-refractivity contribution in [3.8, 4) is 11.3 Å². The lowest BCUT2D eigenvalue weighted by molar-refractivity contribution is -0.139. The molecule has 3 fully saturated rings. The van der Waals surface area contributed by atoms with Crippen LogP contribution in [0.5, 0.6) is 0 Å². The molecule has 0 bridgehead atoms. The normalized spacial score (nSPS) is 23.7. The topological polar surface area (TPSA) is 79.7 Å². The van der Waals surface area contributed by atoms with Gasteiger partial charge in [-0.2, -0.15) is 5.10 Å². The third-order valence-electron chi connectivity index (χ3n) is 6.77. The first-order valence-electron chi connectivity index (χ1n) is 11.8. The molecule has 1 aromatic heterocycles. The summed E-state index contributed by atoms with van der Waals surface area (Å²) in [5, 5.41) is 7.47. The van der Waals surface area contributed by atoms with E-state index in [0.717, 1.165) is 37.3 Å². The summed E-state index contributed by atoms with van der Waals surface area (Å²) in [5.41, 5.74) is 3.71. The number of urea groups is 1. The standard InChI is InChI=1S/C25H33N5O3/c1-25(2,3)16-30-21(8-10-26-30)18-6-4-17(5-7-18)19-12-29(13-19)24(32)28-11-9-22-20(14-28)27-23(31)15-33-22/h4-8,10,19-20,22H,9,11-16H2,1-3H3,(H,27,31)/t20-,22+/m1/s1. The number of nitrogens with one attached hydrogen (secondary N) is 1. The number of hydrogen-bond acceptors (Lipinski definition) is 4. The maximum Gasteiger partial charge on any atom is 0.320 e. The first-order valence-corrected chi connectivity index (χ1v) is 11.8. The molecule has 4 heterocycles. The van der Waals surface area contributed by atoms with E-state index in [1.165, 1.54) is 5.56 Å². The van der Waals surface area contributed by atoms with E-state index in [4.69, 9.17) is 4.74 Å². The Labute approximate surface area is 194 Å². The number of carbonyl (C=O) groups excluding carboxylic acids is 2. The fourth-order valence-electron chi connectivity index (χ4n) is 5.00. The number of hydrogen-bond donors (Lipinski definition) is 1. The summed E-state index contributed by atoms with van der Waals surface area (Å²) in [7, 11) is 0. The van der Waals surface area contributed by atoms with Crippen LogP contribution in [0.15, 0.2) is 36.5 Å². The summed E-state index contributed by atoms with van der Waals surface area (Å²) < 4.78 is 7.67. The number of likely N-dealkylation sites (tertiary alicyclic amines) is 2. The van der Waals surface area contributed by atoms with E-state index in [2.05, 4.69) is 66.2 Å². The van der Waals surface area contributed by atoms with Gasteiger partial charge in [0.2, 0.25) is 5.91 Å². The maximum atomic E-state index is 13.0. The Kier molecular flexibility index (Phi) is 5.64. The molecule has 0 saturated carbocycles. The molecule has 1 N–H and O–H groups in total. The fraction of sp³-hybridized carbons (Fsp3) is 0.560. The molecule has 5 rings (SSSR count). The predicted octanol–water partition coefficient (Wildman–Crippen LogP) is 2.70. The van der Waals surface area contributed by atoms with Gasteiger partial charge in [-0.15, -0.1) is 0 Å². The summed E-state index contributed by atoms with van der Waals surface area (Å²) in [5.74, 6) is 0.261. The molecule has 8 nitrogen and oxygen atoms in total. The first kappa shape index (κ1) is 21.9. The largest absolute Gasteiger partial charge is 0.366 e. The number of rotatable bonds is 3. The minimum Gasteiger partial charge on any atom is -0.366 e. The minimum absolute atomic E-state index is 0.0223. The van der Waals surface area contributed by atoms with E-state index < -0.39 is 0 Å². The molecular weight excluding hydrogens is 418 g/mol. The second-order valence-corrected chi connectivity index (χ2v) is 10.7. The SMILES string of the molecule is CC(C)(C)Cn1nccc1-c1ccc(C2CN(C(=O)N3CC[C@@H]4OCC(=O)N[C@@H]4C3)C2)cc1. The maximum absolute atomic E-state index is 13.0. The molecule has 3 aliphatic rings. The Balaban J connectivity index is 1.17. The van der Waals surface area contributed by atoms with E-state index in [9.17, 15) is 9.59 Å². The molecule has 3 saturated heterocycles. The van der Waals surface area contributed by atoms with Crippen LogP contribution in [0.1, 0.15) is 38.7 Å². The zero-order chi connectivity index (χ0) is 23.2. The van der Waals surface area contributed by atoms with Gasteiger partial charge in [0.1, 0.15) is 6.61 Å². The Hall–Kier alpha value is -2.87. The van der Waals surface area contributed by atoms with Crippen LogP contribution in [0.4, 0.5) is 4.79 Å². The van der Waals surface area contributed by atoms with E-state index in [-0.39, 0.29) is 36.1 Å². The molecule has 33 heavy (non-hydrogen) atoms. The number of aromatic nitrogens is 2. The van der Waals surface area contributed by atoms with Crippen LogP contribution in [-0.2, 0) is 16.1 Å². The Morgan fingerprint density at radius 3 is 2.61 bits per heavy atom. The van der Waals surface area contributed by atoms with Crippen LogP contribution < -0.4 is 5.32 Å². The lowest BCUT2D eigenvalue weighted by atomic mass is 9.90. The molecular formula is C25H33N5O3. The van der Waals surface area contributed by atoms with Crippen molar-refractivity contribution in [1.82, 2.24) is 24.9 Å². The molecule has 1 aromatic carbocycles. The zero-order valence-corrected chi connectivity index (χ0v) is 19.7. The molecule has 2 atom stereocenters. The van der Waals surface area contributed by atoms with E-state index >= 15 is 0 Å². The lowest BCUT2D eigenvalue weighted by Crippen LogP contribution is -2.63. The van der Waals surface area contributed by atoms with Crippen molar-refractivity contribution < 1.29 is 14.3 Å². The number of fused-ring (bicyclic) bond motifs is 1.